The maximum atomic E-state index is 10.8. The predicted molar refractivity (Wildman–Crippen MR) is 75.0 cm³/mol. The SMILES string of the molecule is O=P(O)(O)CCCc1cccc(-c2ccsc2)c1. The normalized spacial score (nSPS) is 11.7. The summed E-state index contributed by atoms with van der Waals surface area (Å²) < 4.78 is 10.8. The van der Waals surface area contributed by atoms with Crippen LogP contribution in [0, 0.1) is 0 Å². The minimum absolute atomic E-state index is 0.0460. The molecule has 0 spiro atoms. The van der Waals surface area contributed by atoms with E-state index in [-0.39, 0.29) is 6.16 Å². The lowest BCUT2D eigenvalue weighted by Gasteiger charge is -2.05. The maximum Gasteiger partial charge on any atom is 0.325 e. The number of benzene rings is 1. The summed E-state index contributed by atoms with van der Waals surface area (Å²) in [5.41, 5.74) is 3.47. The Morgan fingerprint density at radius 2 is 2.00 bits per heavy atom. The van der Waals surface area contributed by atoms with Crippen molar-refractivity contribution in [2.75, 3.05) is 6.16 Å². The molecule has 3 nitrogen and oxygen atoms in total. The van der Waals surface area contributed by atoms with Gasteiger partial charge in [0.05, 0.1) is 6.16 Å². The molecular formula is C13H15O3PS. The summed E-state index contributed by atoms with van der Waals surface area (Å²) >= 11 is 1.66. The summed E-state index contributed by atoms with van der Waals surface area (Å²) in [6, 6.07) is 10.2. The van der Waals surface area contributed by atoms with E-state index in [0.29, 0.717) is 12.8 Å². The second-order valence-corrected chi connectivity index (χ2v) is 6.76. The van der Waals surface area contributed by atoms with Crippen LogP contribution >= 0.6 is 18.9 Å². The smallest absolute Gasteiger partial charge is 0.324 e. The molecule has 2 aromatic rings. The third-order valence-electron chi connectivity index (χ3n) is 2.70. The van der Waals surface area contributed by atoms with Gasteiger partial charge in [-0.2, -0.15) is 11.3 Å². The van der Waals surface area contributed by atoms with Gasteiger partial charge in [-0.05, 0) is 46.4 Å². The van der Waals surface area contributed by atoms with Gasteiger partial charge in [0.2, 0.25) is 0 Å². The Morgan fingerprint density at radius 3 is 2.67 bits per heavy atom. The molecular weight excluding hydrogens is 267 g/mol. The fraction of sp³-hybridized carbons (Fsp3) is 0.231. The highest BCUT2D eigenvalue weighted by Crippen LogP contribution is 2.35. The Hall–Kier alpha value is -0.930. The lowest BCUT2D eigenvalue weighted by Crippen LogP contribution is -1.92. The van der Waals surface area contributed by atoms with Crippen molar-refractivity contribution in [3.05, 3.63) is 46.7 Å². The quantitative estimate of drug-likeness (QED) is 0.825. The molecule has 0 unspecified atom stereocenters. The van der Waals surface area contributed by atoms with E-state index < -0.39 is 7.60 Å². The molecule has 5 heteroatoms. The maximum absolute atomic E-state index is 10.8. The molecule has 0 saturated heterocycles. The van der Waals surface area contributed by atoms with Gasteiger partial charge in [-0.25, -0.2) is 0 Å². The molecule has 0 atom stereocenters. The summed E-state index contributed by atoms with van der Waals surface area (Å²) in [4.78, 5) is 17.6. The van der Waals surface area contributed by atoms with E-state index in [2.05, 4.69) is 23.6 Å². The first-order valence-corrected chi connectivity index (χ1v) is 8.45. The zero-order chi connectivity index (χ0) is 13.0. The Labute approximate surface area is 110 Å². The van der Waals surface area contributed by atoms with E-state index in [0.717, 1.165) is 11.1 Å². The summed E-state index contributed by atoms with van der Waals surface area (Å²) in [7, 11) is -3.86. The molecule has 0 aliphatic heterocycles. The van der Waals surface area contributed by atoms with Gasteiger partial charge in [0.25, 0.3) is 0 Å². The van der Waals surface area contributed by atoms with Crippen molar-refractivity contribution >= 4 is 18.9 Å². The fourth-order valence-corrected chi connectivity index (χ4v) is 3.06. The first-order chi connectivity index (χ1) is 8.54. The second kappa shape index (κ2) is 5.81. The van der Waals surface area contributed by atoms with Gasteiger partial charge in [0.1, 0.15) is 0 Å². The Kier molecular flexibility index (Phi) is 4.36. The van der Waals surface area contributed by atoms with Crippen LogP contribution in [0.4, 0.5) is 0 Å². The van der Waals surface area contributed by atoms with Crippen LogP contribution in [0.1, 0.15) is 12.0 Å². The zero-order valence-corrected chi connectivity index (χ0v) is 11.5. The van der Waals surface area contributed by atoms with Gasteiger partial charge in [-0.3, -0.25) is 4.57 Å². The molecule has 0 aliphatic rings. The average molecular weight is 282 g/mol. The second-order valence-electron chi connectivity index (χ2n) is 4.20. The van der Waals surface area contributed by atoms with Crippen LogP contribution in [-0.2, 0) is 11.0 Å². The Morgan fingerprint density at radius 1 is 1.17 bits per heavy atom. The Balaban J connectivity index is 2.02. The van der Waals surface area contributed by atoms with Crippen LogP contribution in [0.25, 0.3) is 11.1 Å². The Bertz CT molecular complexity index is 545. The minimum atomic E-state index is -3.86. The molecule has 96 valence electrons. The van der Waals surface area contributed by atoms with E-state index in [9.17, 15) is 4.57 Å². The molecule has 1 heterocycles. The molecule has 1 aromatic carbocycles. The molecule has 0 saturated carbocycles. The first-order valence-electron chi connectivity index (χ1n) is 5.71. The molecule has 0 radical (unpaired) electrons. The van der Waals surface area contributed by atoms with Crippen molar-refractivity contribution in [2.24, 2.45) is 0 Å². The molecule has 18 heavy (non-hydrogen) atoms. The molecule has 0 aliphatic carbocycles. The van der Waals surface area contributed by atoms with Crippen molar-refractivity contribution < 1.29 is 14.4 Å². The third-order valence-corrected chi connectivity index (χ3v) is 4.28. The van der Waals surface area contributed by atoms with Crippen LogP contribution in [0.5, 0.6) is 0 Å². The summed E-state index contributed by atoms with van der Waals surface area (Å²) in [5.74, 6) is 0. The van der Waals surface area contributed by atoms with Crippen molar-refractivity contribution in [2.45, 2.75) is 12.8 Å². The summed E-state index contributed by atoms with van der Waals surface area (Å²) in [6.45, 7) is 0. The number of rotatable bonds is 5. The van der Waals surface area contributed by atoms with Gasteiger partial charge >= 0.3 is 7.60 Å². The van der Waals surface area contributed by atoms with Gasteiger partial charge in [0, 0.05) is 0 Å². The zero-order valence-electron chi connectivity index (χ0n) is 9.82. The predicted octanol–water partition coefficient (Wildman–Crippen LogP) is 3.53. The number of thiophene rings is 1. The topological polar surface area (TPSA) is 57.5 Å². The standard InChI is InChI=1S/C13H15O3PS/c14-17(15,16)7-2-4-11-3-1-5-12(9-11)13-6-8-18-10-13/h1,3,5-6,8-10H,2,4,7H2,(H2,14,15,16). The number of hydrogen-bond donors (Lipinski definition) is 2. The number of hydrogen-bond acceptors (Lipinski definition) is 2. The number of aryl methyl sites for hydroxylation is 1. The minimum Gasteiger partial charge on any atom is -0.324 e. The van der Waals surface area contributed by atoms with E-state index in [4.69, 9.17) is 9.79 Å². The van der Waals surface area contributed by atoms with Crippen LogP contribution < -0.4 is 0 Å². The van der Waals surface area contributed by atoms with Gasteiger partial charge in [0.15, 0.2) is 0 Å². The lowest BCUT2D eigenvalue weighted by atomic mass is 10.0. The van der Waals surface area contributed by atoms with Crippen molar-refractivity contribution in [1.82, 2.24) is 0 Å². The lowest BCUT2D eigenvalue weighted by molar-refractivity contribution is 0.371. The third kappa shape index (κ3) is 4.07. The van der Waals surface area contributed by atoms with E-state index in [1.807, 2.05) is 17.5 Å². The molecule has 0 bridgehead atoms. The molecule has 0 amide bonds. The molecule has 2 rings (SSSR count). The van der Waals surface area contributed by atoms with Gasteiger partial charge in [-0.1, -0.05) is 24.3 Å². The van der Waals surface area contributed by atoms with Crippen molar-refractivity contribution in [3.63, 3.8) is 0 Å². The van der Waals surface area contributed by atoms with E-state index >= 15 is 0 Å². The first kappa shape index (κ1) is 13.5. The molecule has 0 fully saturated rings. The largest absolute Gasteiger partial charge is 0.325 e. The molecule has 2 N–H and O–H groups in total. The summed E-state index contributed by atoms with van der Waals surface area (Å²) in [5, 5.41) is 4.13. The van der Waals surface area contributed by atoms with E-state index in [1.165, 1.54) is 5.56 Å². The van der Waals surface area contributed by atoms with Crippen LogP contribution in [0.2, 0.25) is 0 Å². The van der Waals surface area contributed by atoms with Crippen LogP contribution in [0.15, 0.2) is 41.1 Å². The van der Waals surface area contributed by atoms with Crippen molar-refractivity contribution in [3.8, 4) is 11.1 Å². The highest BCUT2D eigenvalue weighted by Gasteiger charge is 2.11. The van der Waals surface area contributed by atoms with E-state index in [1.54, 1.807) is 11.3 Å². The average Bonchev–Trinajstić information content (AvgIpc) is 2.81. The summed E-state index contributed by atoms with van der Waals surface area (Å²) in [6.07, 6.45) is 1.16. The fourth-order valence-electron chi connectivity index (χ4n) is 1.82. The monoisotopic (exact) mass is 282 g/mol. The van der Waals surface area contributed by atoms with Gasteiger partial charge < -0.3 is 9.79 Å². The van der Waals surface area contributed by atoms with Crippen LogP contribution in [0.3, 0.4) is 0 Å². The van der Waals surface area contributed by atoms with Crippen LogP contribution in [-0.4, -0.2) is 15.9 Å². The molecule has 1 aromatic heterocycles. The van der Waals surface area contributed by atoms with Crippen molar-refractivity contribution in [1.29, 1.82) is 0 Å². The highest BCUT2D eigenvalue weighted by molar-refractivity contribution is 7.51. The van der Waals surface area contributed by atoms with Gasteiger partial charge in [-0.15, -0.1) is 0 Å². The highest BCUT2D eigenvalue weighted by atomic mass is 32.1.